The summed E-state index contributed by atoms with van der Waals surface area (Å²) in [5, 5.41) is 2.46. The van der Waals surface area contributed by atoms with E-state index in [1.165, 1.54) is 32.1 Å². The second-order valence-electron chi connectivity index (χ2n) is 7.04. The number of hydrogen-bond donors (Lipinski definition) is 0. The molecular weight excluding hydrogens is 344 g/mol. The Morgan fingerprint density at radius 3 is 2.65 bits per heavy atom. The van der Waals surface area contributed by atoms with Crippen LogP contribution in [-0.2, 0) is 0 Å². The molecule has 4 rings (SSSR count). The Labute approximate surface area is 159 Å². The van der Waals surface area contributed by atoms with Crippen molar-refractivity contribution in [3.8, 4) is 0 Å². The van der Waals surface area contributed by atoms with Gasteiger partial charge in [0.05, 0.1) is 22.3 Å². The predicted octanol–water partition coefficient (Wildman–Crippen LogP) is 6.36. The minimum absolute atomic E-state index is 0.0828. The van der Waals surface area contributed by atoms with Gasteiger partial charge in [-0.2, -0.15) is 0 Å². The van der Waals surface area contributed by atoms with Crippen molar-refractivity contribution in [3.05, 3.63) is 47.0 Å². The highest BCUT2D eigenvalue weighted by Crippen LogP contribution is 2.40. The standard InChI is InChI=1S/C22H23ClN2O/c1-2-3-4-5-6-7-13-25-19-10-8-9-18-21(19)20(22(25)26)16-14-15(23)11-12-17(16)24-18/h8-12,14H,2-7,13H2,1H3. The van der Waals surface area contributed by atoms with Crippen LogP contribution >= 0.6 is 11.6 Å². The highest BCUT2D eigenvalue weighted by Gasteiger charge is 2.31. The van der Waals surface area contributed by atoms with Crippen LogP contribution in [0.5, 0.6) is 0 Å². The molecule has 0 bridgehead atoms. The summed E-state index contributed by atoms with van der Waals surface area (Å²) in [6.45, 7) is 2.99. The number of hydrogen-bond acceptors (Lipinski definition) is 2. The molecule has 0 saturated carbocycles. The molecule has 2 aromatic carbocycles. The van der Waals surface area contributed by atoms with E-state index >= 15 is 0 Å². The summed E-state index contributed by atoms with van der Waals surface area (Å²) in [5.41, 5.74) is 3.45. The lowest BCUT2D eigenvalue weighted by atomic mass is 10.0. The maximum Gasteiger partial charge on any atom is 0.259 e. The van der Waals surface area contributed by atoms with E-state index in [-0.39, 0.29) is 5.91 Å². The lowest BCUT2D eigenvalue weighted by molar-refractivity contribution is 0.0994. The number of unbranched alkanes of at least 4 members (excludes halogenated alkanes) is 5. The van der Waals surface area contributed by atoms with Crippen LogP contribution < -0.4 is 4.90 Å². The molecule has 3 aromatic rings. The van der Waals surface area contributed by atoms with Crippen molar-refractivity contribution < 1.29 is 4.79 Å². The lowest BCUT2D eigenvalue weighted by Gasteiger charge is -2.17. The third kappa shape index (κ3) is 2.95. The molecule has 0 radical (unpaired) electrons. The van der Waals surface area contributed by atoms with E-state index in [4.69, 9.17) is 16.6 Å². The molecule has 0 aliphatic carbocycles. The number of carbonyl (C=O) groups is 1. The van der Waals surface area contributed by atoms with Crippen LogP contribution in [-0.4, -0.2) is 17.4 Å². The van der Waals surface area contributed by atoms with E-state index < -0.39 is 0 Å². The molecule has 0 N–H and O–H groups in total. The topological polar surface area (TPSA) is 33.2 Å². The highest BCUT2D eigenvalue weighted by molar-refractivity contribution is 6.33. The van der Waals surface area contributed by atoms with Gasteiger partial charge in [0, 0.05) is 22.3 Å². The zero-order valence-corrected chi connectivity index (χ0v) is 15.9. The van der Waals surface area contributed by atoms with E-state index in [9.17, 15) is 4.79 Å². The Balaban J connectivity index is 1.67. The van der Waals surface area contributed by atoms with Crippen LogP contribution in [0.25, 0.3) is 21.8 Å². The number of fused-ring (bicyclic) bond motifs is 2. The monoisotopic (exact) mass is 366 g/mol. The van der Waals surface area contributed by atoms with Gasteiger partial charge in [0.1, 0.15) is 0 Å². The molecular formula is C22H23ClN2O. The van der Waals surface area contributed by atoms with Crippen LogP contribution in [0.1, 0.15) is 55.8 Å². The first-order valence-corrected chi connectivity index (χ1v) is 9.92. The van der Waals surface area contributed by atoms with Crippen molar-refractivity contribution in [2.75, 3.05) is 11.4 Å². The first-order chi connectivity index (χ1) is 12.7. The largest absolute Gasteiger partial charge is 0.308 e. The molecule has 0 spiro atoms. The number of carbonyl (C=O) groups excluding carboxylic acids is 1. The summed E-state index contributed by atoms with van der Waals surface area (Å²) in [6, 6.07) is 11.6. The van der Waals surface area contributed by atoms with Gasteiger partial charge in [-0.25, -0.2) is 4.98 Å². The third-order valence-electron chi connectivity index (χ3n) is 5.22. The van der Waals surface area contributed by atoms with Crippen LogP contribution in [0.15, 0.2) is 36.4 Å². The fourth-order valence-electron chi connectivity index (χ4n) is 3.91. The van der Waals surface area contributed by atoms with Gasteiger partial charge in [0.25, 0.3) is 5.91 Å². The Kier molecular flexibility index (Phi) is 4.82. The van der Waals surface area contributed by atoms with Crippen LogP contribution in [0.4, 0.5) is 5.69 Å². The smallest absolute Gasteiger partial charge is 0.259 e. The number of benzene rings is 2. The summed E-state index contributed by atoms with van der Waals surface area (Å²) in [5.74, 6) is 0.0828. The van der Waals surface area contributed by atoms with Crippen LogP contribution in [0.2, 0.25) is 5.02 Å². The minimum Gasteiger partial charge on any atom is -0.308 e. The van der Waals surface area contributed by atoms with E-state index in [1.807, 2.05) is 41.3 Å². The fourth-order valence-corrected chi connectivity index (χ4v) is 4.08. The van der Waals surface area contributed by atoms with Gasteiger partial charge in [-0.3, -0.25) is 4.79 Å². The van der Waals surface area contributed by atoms with Crippen molar-refractivity contribution in [1.82, 2.24) is 4.98 Å². The highest BCUT2D eigenvalue weighted by atomic mass is 35.5. The molecule has 4 heteroatoms. The van der Waals surface area contributed by atoms with Crippen molar-refractivity contribution >= 4 is 45.0 Å². The molecule has 2 heterocycles. The Morgan fingerprint density at radius 1 is 1.00 bits per heavy atom. The van der Waals surface area contributed by atoms with Crippen molar-refractivity contribution in [3.63, 3.8) is 0 Å². The Morgan fingerprint density at radius 2 is 1.81 bits per heavy atom. The zero-order chi connectivity index (χ0) is 18.1. The average Bonchev–Trinajstić information content (AvgIpc) is 2.93. The first kappa shape index (κ1) is 17.3. The van der Waals surface area contributed by atoms with Gasteiger partial charge in [0.2, 0.25) is 0 Å². The quantitative estimate of drug-likeness (QED) is 0.360. The minimum atomic E-state index is 0.0828. The second kappa shape index (κ2) is 7.24. The number of amides is 1. The molecule has 134 valence electrons. The molecule has 0 saturated heterocycles. The molecule has 1 aliphatic heterocycles. The van der Waals surface area contributed by atoms with Crippen molar-refractivity contribution in [1.29, 1.82) is 0 Å². The molecule has 1 aromatic heterocycles. The van der Waals surface area contributed by atoms with E-state index in [0.29, 0.717) is 5.02 Å². The van der Waals surface area contributed by atoms with Gasteiger partial charge >= 0.3 is 0 Å². The number of anilines is 1. The number of nitrogens with zero attached hydrogens (tertiary/aromatic N) is 2. The SMILES string of the molecule is CCCCCCCCN1C(=O)c2c3cc(Cl)ccc3nc3cccc1c23. The maximum absolute atomic E-state index is 13.2. The summed E-state index contributed by atoms with van der Waals surface area (Å²) in [4.78, 5) is 19.9. The summed E-state index contributed by atoms with van der Waals surface area (Å²) < 4.78 is 0. The third-order valence-corrected chi connectivity index (χ3v) is 5.46. The molecule has 3 nitrogen and oxygen atoms in total. The van der Waals surface area contributed by atoms with Crippen molar-refractivity contribution in [2.24, 2.45) is 0 Å². The van der Waals surface area contributed by atoms with Gasteiger partial charge in [-0.05, 0) is 36.8 Å². The molecule has 0 unspecified atom stereocenters. The number of rotatable bonds is 7. The number of pyridine rings is 1. The molecule has 0 atom stereocenters. The summed E-state index contributed by atoms with van der Waals surface area (Å²) in [6.07, 6.45) is 7.28. The second-order valence-corrected chi connectivity index (χ2v) is 7.48. The van der Waals surface area contributed by atoms with E-state index in [0.717, 1.165) is 46.0 Å². The van der Waals surface area contributed by atoms with Gasteiger partial charge in [-0.1, -0.05) is 56.7 Å². The zero-order valence-electron chi connectivity index (χ0n) is 15.1. The van der Waals surface area contributed by atoms with Crippen molar-refractivity contribution in [2.45, 2.75) is 45.4 Å². The van der Waals surface area contributed by atoms with Gasteiger partial charge in [0.15, 0.2) is 0 Å². The Bertz CT molecular complexity index is 983. The first-order valence-electron chi connectivity index (χ1n) is 9.54. The Hall–Kier alpha value is -2.13. The normalized spacial score (nSPS) is 13.3. The van der Waals surface area contributed by atoms with Gasteiger partial charge in [-0.15, -0.1) is 0 Å². The number of halogens is 1. The van der Waals surface area contributed by atoms with Crippen LogP contribution in [0, 0.1) is 0 Å². The van der Waals surface area contributed by atoms with Gasteiger partial charge < -0.3 is 4.90 Å². The summed E-state index contributed by atoms with van der Waals surface area (Å²) in [7, 11) is 0. The predicted molar refractivity (Wildman–Crippen MR) is 109 cm³/mol. The molecule has 0 fully saturated rings. The maximum atomic E-state index is 13.2. The lowest BCUT2D eigenvalue weighted by Crippen LogP contribution is -2.27. The molecule has 26 heavy (non-hydrogen) atoms. The van der Waals surface area contributed by atoms with Crippen LogP contribution in [0.3, 0.4) is 0 Å². The number of aromatic nitrogens is 1. The van der Waals surface area contributed by atoms with E-state index in [1.54, 1.807) is 0 Å². The summed E-state index contributed by atoms with van der Waals surface area (Å²) >= 11 is 6.19. The fraction of sp³-hybridized carbons (Fsp3) is 0.364. The molecule has 1 amide bonds. The van der Waals surface area contributed by atoms with E-state index in [2.05, 4.69) is 6.92 Å². The average molecular weight is 367 g/mol. The molecule has 1 aliphatic rings.